The smallest absolute Gasteiger partial charge is 0.0892 e. The molecule has 0 aliphatic carbocycles. The van der Waals surface area contributed by atoms with Gasteiger partial charge >= 0.3 is 0 Å². The van der Waals surface area contributed by atoms with Crippen LogP contribution in [-0.2, 0) is 0 Å². The highest BCUT2D eigenvalue weighted by Gasteiger charge is 2.18. The van der Waals surface area contributed by atoms with Crippen LogP contribution in [0, 0.1) is 0 Å². The first-order chi connectivity index (χ1) is 9.83. The average Bonchev–Trinajstić information content (AvgIpc) is 2.50. The van der Waals surface area contributed by atoms with Crippen molar-refractivity contribution < 1.29 is 0 Å². The van der Waals surface area contributed by atoms with E-state index in [0.717, 1.165) is 17.6 Å². The minimum Gasteiger partial charge on any atom is -0.281 e. The van der Waals surface area contributed by atoms with Crippen molar-refractivity contribution in [1.29, 1.82) is 0 Å². The molecule has 2 aromatic carbocycles. The van der Waals surface area contributed by atoms with Crippen LogP contribution in [0.1, 0.15) is 36.8 Å². The summed E-state index contributed by atoms with van der Waals surface area (Å²) in [6.07, 6.45) is 2.30. The first kappa shape index (κ1) is 15.0. The molecule has 2 rings (SSSR count). The molecule has 2 aromatic rings. The van der Waals surface area contributed by atoms with Crippen LogP contribution in [0.2, 0.25) is 0 Å². The van der Waals surface area contributed by atoms with Gasteiger partial charge in [0.2, 0.25) is 0 Å². The Bertz CT molecular complexity index is 494. The fourth-order valence-electron chi connectivity index (χ4n) is 2.19. The highest BCUT2D eigenvalue weighted by molar-refractivity contribution is 9.18. The minimum atomic E-state index is 0.189. The molecule has 20 heavy (non-hydrogen) atoms. The second kappa shape index (κ2) is 8.01. The molecule has 0 fully saturated rings. The zero-order valence-electron chi connectivity index (χ0n) is 11.8. The Labute approximate surface area is 129 Å². The zero-order chi connectivity index (χ0) is 14.2. The number of benzene rings is 2. The molecular weight excluding hydrogens is 310 g/mol. The Balaban J connectivity index is 2.33. The summed E-state index contributed by atoms with van der Waals surface area (Å²) in [6.45, 7) is 3.07. The van der Waals surface area contributed by atoms with Gasteiger partial charge in [0.05, 0.1) is 10.5 Å². The van der Waals surface area contributed by atoms with E-state index >= 15 is 0 Å². The van der Waals surface area contributed by atoms with Crippen molar-refractivity contribution in [2.24, 2.45) is 4.99 Å². The molecule has 0 spiro atoms. The van der Waals surface area contributed by atoms with Gasteiger partial charge in [0.15, 0.2) is 0 Å². The monoisotopic (exact) mass is 329 g/mol. The zero-order valence-corrected chi connectivity index (χ0v) is 13.4. The van der Waals surface area contributed by atoms with E-state index in [0.29, 0.717) is 0 Å². The number of halogens is 1. The van der Waals surface area contributed by atoms with Crippen molar-refractivity contribution in [3.8, 4) is 0 Å². The van der Waals surface area contributed by atoms with Crippen molar-refractivity contribution in [3.63, 3.8) is 0 Å². The third-order valence-corrected chi connectivity index (χ3v) is 3.99. The quantitative estimate of drug-likeness (QED) is 0.496. The normalized spacial score (nSPS) is 11.8. The fraction of sp³-hybridized carbons (Fsp3) is 0.278. The van der Waals surface area contributed by atoms with E-state index in [4.69, 9.17) is 4.99 Å². The van der Waals surface area contributed by atoms with Crippen LogP contribution in [0.4, 0.5) is 0 Å². The van der Waals surface area contributed by atoms with Crippen LogP contribution in [0.25, 0.3) is 0 Å². The summed E-state index contributed by atoms with van der Waals surface area (Å²) in [5, 5.41) is 0. The van der Waals surface area contributed by atoms with E-state index in [9.17, 15) is 0 Å². The minimum absolute atomic E-state index is 0.189. The van der Waals surface area contributed by atoms with E-state index in [1.54, 1.807) is 0 Å². The standard InChI is InChI=1S/C18H20BrN/c1-2-3-14-20-18(19)17(15-10-6-4-7-11-15)16-12-8-5-9-13-16/h4-13,17H,2-3,14H2,1H3. The van der Waals surface area contributed by atoms with Gasteiger partial charge in [0.25, 0.3) is 0 Å². The average molecular weight is 330 g/mol. The van der Waals surface area contributed by atoms with Crippen molar-refractivity contribution in [2.75, 3.05) is 6.54 Å². The van der Waals surface area contributed by atoms with Crippen molar-refractivity contribution >= 4 is 20.6 Å². The molecule has 2 heteroatoms. The number of hydrogen-bond acceptors (Lipinski definition) is 1. The van der Waals surface area contributed by atoms with E-state index in [-0.39, 0.29) is 5.92 Å². The summed E-state index contributed by atoms with van der Waals surface area (Å²) in [6, 6.07) is 21.1. The lowest BCUT2D eigenvalue weighted by Gasteiger charge is -2.17. The first-order valence-electron chi connectivity index (χ1n) is 7.12. The van der Waals surface area contributed by atoms with Crippen LogP contribution in [0.15, 0.2) is 65.7 Å². The molecule has 0 N–H and O–H groups in total. The Hall–Kier alpha value is -1.41. The third-order valence-electron chi connectivity index (χ3n) is 3.28. The number of aliphatic imine (C=N–C) groups is 1. The summed E-state index contributed by atoms with van der Waals surface area (Å²) >= 11 is 3.70. The Morgan fingerprint density at radius 2 is 1.45 bits per heavy atom. The van der Waals surface area contributed by atoms with Crippen LogP contribution in [0.3, 0.4) is 0 Å². The van der Waals surface area contributed by atoms with Gasteiger partial charge in [-0.3, -0.25) is 4.99 Å². The van der Waals surface area contributed by atoms with Crippen molar-refractivity contribution in [1.82, 2.24) is 0 Å². The number of hydrogen-bond donors (Lipinski definition) is 0. The highest BCUT2D eigenvalue weighted by atomic mass is 79.9. The van der Waals surface area contributed by atoms with Crippen molar-refractivity contribution in [2.45, 2.75) is 25.7 Å². The molecular formula is C18H20BrN. The van der Waals surface area contributed by atoms with Crippen LogP contribution in [0.5, 0.6) is 0 Å². The van der Waals surface area contributed by atoms with Crippen LogP contribution < -0.4 is 0 Å². The molecule has 0 aliphatic heterocycles. The molecule has 0 bridgehead atoms. The van der Waals surface area contributed by atoms with Gasteiger partial charge in [-0.25, -0.2) is 0 Å². The first-order valence-corrected chi connectivity index (χ1v) is 7.92. The highest BCUT2D eigenvalue weighted by Crippen LogP contribution is 2.28. The van der Waals surface area contributed by atoms with Gasteiger partial charge < -0.3 is 0 Å². The molecule has 0 aromatic heterocycles. The molecule has 0 heterocycles. The van der Waals surface area contributed by atoms with E-state index in [2.05, 4.69) is 71.4 Å². The molecule has 0 aliphatic rings. The molecule has 0 unspecified atom stereocenters. The predicted octanol–water partition coefficient (Wildman–Crippen LogP) is 5.41. The summed E-state index contributed by atoms with van der Waals surface area (Å²) in [5.74, 6) is 0.189. The van der Waals surface area contributed by atoms with Gasteiger partial charge in [0, 0.05) is 6.54 Å². The lowest BCUT2D eigenvalue weighted by Crippen LogP contribution is -2.09. The molecule has 104 valence electrons. The second-order valence-electron chi connectivity index (χ2n) is 4.81. The fourth-order valence-corrected chi connectivity index (χ4v) is 2.90. The van der Waals surface area contributed by atoms with Gasteiger partial charge in [-0.05, 0) is 33.5 Å². The lowest BCUT2D eigenvalue weighted by molar-refractivity contribution is 0.806. The largest absolute Gasteiger partial charge is 0.281 e. The Kier molecular flexibility index (Phi) is 6.00. The Morgan fingerprint density at radius 3 is 1.90 bits per heavy atom. The van der Waals surface area contributed by atoms with E-state index < -0.39 is 0 Å². The summed E-state index contributed by atoms with van der Waals surface area (Å²) in [4.78, 5) is 4.70. The molecule has 0 atom stereocenters. The van der Waals surface area contributed by atoms with Gasteiger partial charge in [-0.15, -0.1) is 0 Å². The Morgan fingerprint density at radius 1 is 0.950 bits per heavy atom. The number of unbranched alkanes of at least 4 members (excludes halogenated alkanes) is 1. The molecule has 1 nitrogen and oxygen atoms in total. The van der Waals surface area contributed by atoms with E-state index in [1.165, 1.54) is 17.5 Å². The van der Waals surface area contributed by atoms with Crippen LogP contribution >= 0.6 is 15.9 Å². The van der Waals surface area contributed by atoms with Gasteiger partial charge in [-0.1, -0.05) is 74.0 Å². The van der Waals surface area contributed by atoms with Crippen molar-refractivity contribution in [3.05, 3.63) is 71.8 Å². The van der Waals surface area contributed by atoms with Gasteiger partial charge in [-0.2, -0.15) is 0 Å². The summed E-state index contributed by atoms with van der Waals surface area (Å²) in [5.41, 5.74) is 2.54. The molecule has 0 saturated heterocycles. The maximum atomic E-state index is 4.70. The maximum Gasteiger partial charge on any atom is 0.0892 e. The molecule has 0 saturated carbocycles. The predicted molar refractivity (Wildman–Crippen MR) is 90.9 cm³/mol. The third kappa shape index (κ3) is 4.04. The van der Waals surface area contributed by atoms with Crippen LogP contribution in [-0.4, -0.2) is 11.2 Å². The maximum absolute atomic E-state index is 4.70. The topological polar surface area (TPSA) is 12.4 Å². The van der Waals surface area contributed by atoms with Gasteiger partial charge in [0.1, 0.15) is 0 Å². The number of rotatable bonds is 6. The SMILES string of the molecule is CCCCN=C(Br)C(c1ccccc1)c1ccccc1. The summed E-state index contributed by atoms with van der Waals surface area (Å²) < 4.78 is 1.02. The summed E-state index contributed by atoms with van der Waals surface area (Å²) in [7, 11) is 0. The second-order valence-corrected chi connectivity index (χ2v) is 5.62. The lowest BCUT2D eigenvalue weighted by atomic mass is 9.92. The van der Waals surface area contributed by atoms with E-state index in [1.807, 2.05) is 12.1 Å². The molecule has 0 radical (unpaired) electrons. The molecule has 0 amide bonds. The number of nitrogens with zero attached hydrogens (tertiary/aromatic N) is 1.